The van der Waals surface area contributed by atoms with Crippen molar-refractivity contribution in [2.24, 2.45) is 0 Å². The average molecular weight is 381 g/mol. The highest BCUT2D eigenvalue weighted by molar-refractivity contribution is 9.10. The second-order valence-electron chi connectivity index (χ2n) is 4.21. The van der Waals surface area contributed by atoms with Crippen LogP contribution in [-0.2, 0) is 9.53 Å². The van der Waals surface area contributed by atoms with Gasteiger partial charge in [0.2, 0.25) is 0 Å². The fourth-order valence-electron chi connectivity index (χ4n) is 1.71. The molecule has 1 aromatic carbocycles. The lowest BCUT2D eigenvalue weighted by molar-refractivity contribution is -0.144. The van der Waals surface area contributed by atoms with Gasteiger partial charge in [-0.3, -0.25) is 0 Å². The maximum atomic E-state index is 12.0. The van der Waals surface area contributed by atoms with Crippen LogP contribution < -0.4 is 5.32 Å². The van der Waals surface area contributed by atoms with Gasteiger partial charge in [0, 0.05) is 10.2 Å². The molecule has 0 aliphatic carbocycles. The van der Waals surface area contributed by atoms with E-state index in [2.05, 4.69) is 27.5 Å². The van der Waals surface area contributed by atoms with Gasteiger partial charge in [-0.25, -0.2) is 4.79 Å². The predicted octanol–water partition coefficient (Wildman–Crippen LogP) is 4.59. The zero-order valence-corrected chi connectivity index (χ0v) is 14.8. The number of benzene rings is 1. The first-order valence-electron chi connectivity index (χ1n) is 6.45. The summed E-state index contributed by atoms with van der Waals surface area (Å²) in [6, 6.07) is 5.19. The Hall–Kier alpha value is -0.390. The van der Waals surface area contributed by atoms with Crippen molar-refractivity contribution in [1.82, 2.24) is 0 Å². The highest BCUT2D eigenvalue weighted by Crippen LogP contribution is 2.26. The SMILES string of the molecule is CCOC(=O)C(CCCSC)Nc1ccc(Cl)c(Br)c1. The highest BCUT2D eigenvalue weighted by Gasteiger charge is 2.19. The molecular formula is C14H19BrClNO2S. The third-order valence-corrected chi connectivity index (χ3v) is 4.58. The van der Waals surface area contributed by atoms with Crippen LogP contribution in [0.2, 0.25) is 5.02 Å². The molecule has 1 rings (SSSR count). The second kappa shape index (κ2) is 9.53. The van der Waals surface area contributed by atoms with Crippen LogP contribution >= 0.6 is 39.3 Å². The summed E-state index contributed by atoms with van der Waals surface area (Å²) in [4.78, 5) is 12.0. The lowest BCUT2D eigenvalue weighted by Gasteiger charge is -2.18. The molecule has 1 atom stereocenters. The molecule has 1 N–H and O–H groups in total. The van der Waals surface area contributed by atoms with Crippen LogP contribution in [0.5, 0.6) is 0 Å². The van der Waals surface area contributed by atoms with Gasteiger partial charge >= 0.3 is 5.97 Å². The van der Waals surface area contributed by atoms with Gasteiger partial charge in [0.1, 0.15) is 6.04 Å². The van der Waals surface area contributed by atoms with Gasteiger partial charge in [0.05, 0.1) is 11.6 Å². The maximum absolute atomic E-state index is 12.0. The first-order chi connectivity index (χ1) is 9.58. The third-order valence-electron chi connectivity index (χ3n) is 2.67. The normalized spacial score (nSPS) is 12.0. The molecule has 0 heterocycles. The van der Waals surface area contributed by atoms with E-state index in [0.29, 0.717) is 11.6 Å². The summed E-state index contributed by atoms with van der Waals surface area (Å²) in [6.07, 6.45) is 3.77. The van der Waals surface area contributed by atoms with Gasteiger partial charge in [-0.1, -0.05) is 11.6 Å². The summed E-state index contributed by atoms with van der Waals surface area (Å²) >= 11 is 11.1. The van der Waals surface area contributed by atoms with Crippen LogP contribution in [0.4, 0.5) is 5.69 Å². The molecule has 6 heteroatoms. The van der Waals surface area contributed by atoms with E-state index in [9.17, 15) is 4.79 Å². The van der Waals surface area contributed by atoms with E-state index in [1.165, 1.54) is 0 Å². The van der Waals surface area contributed by atoms with Crippen LogP contribution in [0.15, 0.2) is 22.7 Å². The quantitative estimate of drug-likeness (QED) is 0.529. The largest absolute Gasteiger partial charge is 0.464 e. The van der Waals surface area contributed by atoms with Gasteiger partial charge in [-0.15, -0.1) is 0 Å². The second-order valence-corrected chi connectivity index (χ2v) is 6.46. The van der Waals surface area contributed by atoms with Crippen LogP contribution in [0, 0.1) is 0 Å². The number of esters is 1. The number of hydrogen-bond donors (Lipinski definition) is 1. The molecule has 3 nitrogen and oxygen atoms in total. The van der Waals surface area contributed by atoms with Gasteiger partial charge in [-0.2, -0.15) is 11.8 Å². The molecule has 0 saturated carbocycles. The Morgan fingerprint density at radius 2 is 2.30 bits per heavy atom. The molecule has 0 amide bonds. The van der Waals surface area contributed by atoms with Crippen molar-refractivity contribution in [3.63, 3.8) is 0 Å². The standard InChI is InChI=1S/C14H19BrClNO2S/c1-3-19-14(18)13(5-4-8-20-2)17-10-6-7-12(16)11(15)9-10/h6-7,9,13,17H,3-5,8H2,1-2H3. The molecule has 1 unspecified atom stereocenters. The van der Waals surface area contributed by atoms with E-state index in [-0.39, 0.29) is 12.0 Å². The Kier molecular flexibility index (Phi) is 8.41. The van der Waals surface area contributed by atoms with Crippen LogP contribution in [0.25, 0.3) is 0 Å². The van der Waals surface area contributed by atoms with E-state index in [1.807, 2.05) is 19.1 Å². The maximum Gasteiger partial charge on any atom is 0.328 e. The molecule has 20 heavy (non-hydrogen) atoms. The number of hydrogen-bond acceptors (Lipinski definition) is 4. The molecule has 1 aromatic rings. The number of halogens is 2. The third kappa shape index (κ3) is 5.94. The number of thioether (sulfide) groups is 1. The zero-order chi connectivity index (χ0) is 15.0. The van der Waals surface area contributed by atoms with Crippen LogP contribution in [0.3, 0.4) is 0 Å². The Morgan fingerprint density at radius 3 is 2.90 bits per heavy atom. The smallest absolute Gasteiger partial charge is 0.328 e. The number of nitrogens with one attached hydrogen (secondary N) is 1. The summed E-state index contributed by atoms with van der Waals surface area (Å²) in [5.41, 5.74) is 0.850. The molecule has 0 aliphatic rings. The molecule has 0 radical (unpaired) electrons. The van der Waals surface area contributed by atoms with Crippen LogP contribution in [0.1, 0.15) is 19.8 Å². The number of carbonyl (C=O) groups excluding carboxylic acids is 1. The summed E-state index contributed by atoms with van der Waals surface area (Å²) < 4.78 is 5.92. The number of rotatable bonds is 8. The number of carbonyl (C=O) groups is 1. The van der Waals surface area contributed by atoms with Crippen molar-refractivity contribution in [2.45, 2.75) is 25.8 Å². The van der Waals surface area contributed by atoms with Crippen molar-refractivity contribution >= 4 is 50.9 Å². The summed E-state index contributed by atoms with van der Waals surface area (Å²) in [5.74, 6) is 0.821. The highest BCUT2D eigenvalue weighted by atomic mass is 79.9. The Bertz CT molecular complexity index is 445. The monoisotopic (exact) mass is 379 g/mol. The Labute approximate surface area is 137 Å². The summed E-state index contributed by atoms with van der Waals surface area (Å²) in [7, 11) is 0. The molecule has 112 valence electrons. The van der Waals surface area contributed by atoms with Gasteiger partial charge in [0.15, 0.2) is 0 Å². The number of anilines is 1. The molecule has 0 fully saturated rings. The first-order valence-corrected chi connectivity index (χ1v) is 9.02. The molecule has 0 bridgehead atoms. The Balaban J connectivity index is 2.71. The topological polar surface area (TPSA) is 38.3 Å². The minimum atomic E-state index is -0.324. The number of ether oxygens (including phenoxy) is 1. The summed E-state index contributed by atoms with van der Waals surface area (Å²) in [5, 5.41) is 3.86. The van der Waals surface area contributed by atoms with Gasteiger partial charge < -0.3 is 10.1 Å². The minimum Gasteiger partial charge on any atom is -0.464 e. The van der Waals surface area contributed by atoms with Gasteiger partial charge in [0.25, 0.3) is 0 Å². The van der Waals surface area contributed by atoms with E-state index < -0.39 is 0 Å². The summed E-state index contributed by atoms with van der Waals surface area (Å²) in [6.45, 7) is 2.21. The van der Waals surface area contributed by atoms with Crippen molar-refractivity contribution in [3.05, 3.63) is 27.7 Å². The van der Waals surface area contributed by atoms with Crippen molar-refractivity contribution in [2.75, 3.05) is 23.9 Å². The van der Waals surface area contributed by atoms with E-state index in [4.69, 9.17) is 16.3 Å². The van der Waals surface area contributed by atoms with Crippen molar-refractivity contribution in [1.29, 1.82) is 0 Å². The molecule has 0 saturated heterocycles. The molecule has 0 spiro atoms. The minimum absolute atomic E-state index is 0.209. The van der Waals surface area contributed by atoms with Crippen molar-refractivity contribution in [3.8, 4) is 0 Å². The van der Waals surface area contributed by atoms with E-state index in [1.54, 1.807) is 17.8 Å². The van der Waals surface area contributed by atoms with Crippen molar-refractivity contribution < 1.29 is 9.53 Å². The lowest BCUT2D eigenvalue weighted by atomic mass is 10.1. The lowest BCUT2D eigenvalue weighted by Crippen LogP contribution is -2.31. The fraction of sp³-hybridized carbons (Fsp3) is 0.500. The molecule has 0 aromatic heterocycles. The first kappa shape index (κ1) is 17.7. The average Bonchev–Trinajstić information content (AvgIpc) is 2.42. The zero-order valence-electron chi connectivity index (χ0n) is 11.6. The van der Waals surface area contributed by atoms with E-state index >= 15 is 0 Å². The molecular weight excluding hydrogens is 362 g/mol. The fourth-order valence-corrected chi connectivity index (χ4v) is 2.66. The van der Waals surface area contributed by atoms with Crippen LogP contribution in [-0.4, -0.2) is 30.6 Å². The Morgan fingerprint density at radius 1 is 1.55 bits per heavy atom. The predicted molar refractivity (Wildman–Crippen MR) is 90.8 cm³/mol. The molecule has 0 aliphatic heterocycles. The van der Waals surface area contributed by atoms with Gasteiger partial charge in [-0.05, 0) is 65.9 Å². The van der Waals surface area contributed by atoms with E-state index in [0.717, 1.165) is 28.8 Å².